The molecule has 0 N–H and O–H groups in total. The maximum Gasteiger partial charge on any atom is 0.129 e. The number of benzene rings is 2. The van der Waals surface area contributed by atoms with Crippen molar-refractivity contribution in [3.8, 4) is 5.75 Å². The molecular formula is C16H15BrF2O. The molecule has 1 atom stereocenters. The van der Waals surface area contributed by atoms with E-state index in [9.17, 15) is 8.78 Å². The van der Waals surface area contributed by atoms with Crippen LogP contribution in [0.5, 0.6) is 5.75 Å². The zero-order chi connectivity index (χ0) is 14.7. The lowest BCUT2D eigenvalue weighted by molar-refractivity contribution is 0.409. The summed E-state index contributed by atoms with van der Waals surface area (Å²) in [4.78, 5) is -0.219. The average molecular weight is 341 g/mol. The van der Waals surface area contributed by atoms with E-state index in [1.165, 1.54) is 18.2 Å². The summed E-state index contributed by atoms with van der Waals surface area (Å²) in [5, 5.41) is 0. The number of aryl methyl sites for hydroxylation is 1. The van der Waals surface area contributed by atoms with Crippen molar-refractivity contribution in [2.24, 2.45) is 0 Å². The minimum atomic E-state index is -0.527. The van der Waals surface area contributed by atoms with Crippen LogP contribution in [0, 0.1) is 18.6 Å². The second kappa shape index (κ2) is 6.35. The van der Waals surface area contributed by atoms with E-state index < -0.39 is 11.6 Å². The number of rotatable bonds is 4. The summed E-state index contributed by atoms with van der Waals surface area (Å²) in [6.45, 7) is 1.96. The Morgan fingerprint density at radius 2 is 1.80 bits per heavy atom. The third kappa shape index (κ3) is 3.18. The maximum absolute atomic E-state index is 13.7. The van der Waals surface area contributed by atoms with E-state index in [1.807, 2.05) is 25.1 Å². The first kappa shape index (κ1) is 15.0. The van der Waals surface area contributed by atoms with E-state index in [1.54, 1.807) is 7.11 Å². The summed E-state index contributed by atoms with van der Waals surface area (Å²) in [6, 6.07) is 9.65. The van der Waals surface area contributed by atoms with Gasteiger partial charge in [0.2, 0.25) is 0 Å². The van der Waals surface area contributed by atoms with Crippen LogP contribution in [-0.2, 0) is 6.42 Å². The highest BCUT2D eigenvalue weighted by Gasteiger charge is 2.18. The van der Waals surface area contributed by atoms with Gasteiger partial charge < -0.3 is 4.74 Å². The monoisotopic (exact) mass is 340 g/mol. The van der Waals surface area contributed by atoms with Gasteiger partial charge in [-0.1, -0.05) is 39.7 Å². The highest BCUT2D eigenvalue weighted by molar-refractivity contribution is 9.09. The third-order valence-corrected chi connectivity index (χ3v) is 3.98. The normalized spacial score (nSPS) is 12.2. The Balaban J connectivity index is 2.33. The van der Waals surface area contributed by atoms with Crippen molar-refractivity contribution in [3.63, 3.8) is 0 Å². The Labute approximate surface area is 125 Å². The molecule has 0 bridgehead atoms. The fourth-order valence-electron chi connectivity index (χ4n) is 2.12. The molecule has 2 aromatic rings. The molecule has 2 rings (SSSR count). The second-order valence-corrected chi connectivity index (χ2v) is 5.72. The number of alkyl halides is 1. The third-order valence-electron chi connectivity index (χ3n) is 3.17. The van der Waals surface area contributed by atoms with Crippen molar-refractivity contribution in [1.29, 1.82) is 0 Å². The molecule has 0 saturated carbocycles. The zero-order valence-corrected chi connectivity index (χ0v) is 12.9. The van der Waals surface area contributed by atoms with Crippen LogP contribution < -0.4 is 4.74 Å². The molecule has 0 aliphatic carbocycles. The quantitative estimate of drug-likeness (QED) is 0.714. The van der Waals surface area contributed by atoms with Gasteiger partial charge in [0.15, 0.2) is 0 Å². The zero-order valence-electron chi connectivity index (χ0n) is 11.3. The Morgan fingerprint density at radius 3 is 2.40 bits per heavy atom. The molecule has 0 saturated heterocycles. The highest BCUT2D eigenvalue weighted by atomic mass is 79.9. The summed E-state index contributed by atoms with van der Waals surface area (Å²) in [5.41, 5.74) is 2.03. The van der Waals surface area contributed by atoms with Gasteiger partial charge in [-0.3, -0.25) is 0 Å². The molecule has 1 nitrogen and oxygen atoms in total. The van der Waals surface area contributed by atoms with E-state index in [2.05, 4.69) is 15.9 Å². The van der Waals surface area contributed by atoms with Crippen molar-refractivity contribution in [1.82, 2.24) is 0 Å². The van der Waals surface area contributed by atoms with Gasteiger partial charge in [0.25, 0.3) is 0 Å². The van der Waals surface area contributed by atoms with Crippen molar-refractivity contribution >= 4 is 15.9 Å². The van der Waals surface area contributed by atoms with E-state index >= 15 is 0 Å². The molecule has 0 aromatic heterocycles. The van der Waals surface area contributed by atoms with Gasteiger partial charge in [-0.05, 0) is 31.5 Å². The molecule has 0 radical (unpaired) electrons. The first-order valence-corrected chi connectivity index (χ1v) is 7.16. The fourth-order valence-corrected chi connectivity index (χ4v) is 2.80. The van der Waals surface area contributed by atoms with Gasteiger partial charge in [0.1, 0.15) is 17.4 Å². The van der Waals surface area contributed by atoms with Crippen molar-refractivity contribution in [2.45, 2.75) is 18.2 Å². The largest absolute Gasteiger partial charge is 0.496 e. The average Bonchev–Trinajstić information content (AvgIpc) is 2.43. The molecule has 4 heteroatoms. The van der Waals surface area contributed by atoms with Crippen molar-refractivity contribution in [2.75, 3.05) is 7.11 Å². The standard InChI is InChI=1S/C16H15BrF2O/c1-10-6-7-16(20-2)11(8-10)13(17)9-12-14(18)4-3-5-15(12)19/h3-8,13H,9H2,1-2H3. The van der Waals surface area contributed by atoms with Gasteiger partial charge in [-0.25, -0.2) is 8.78 Å². The number of hydrogen-bond donors (Lipinski definition) is 0. The smallest absolute Gasteiger partial charge is 0.129 e. The minimum Gasteiger partial charge on any atom is -0.496 e. The fraction of sp³-hybridized carbons (Fsp3) is 0.250. The van der Waals surface area contributed by atoms with Gasteiger partial charge in [-0.15, -0.1) is 0 Å². The lowest BCUT2D eigenvalue weighted by Crippen LogP contribution is -2.03. The summed E-state index contributed by atoms with van der Waals surface area (Å²) in [7, 11) is 1.58. The van der Waals surface area contributed by atoms with Gasteiger partial charge in [-0.2, -0.15) is 0 Å². The van der Waals surface area contributed by atoms with E-state index in [0.29, 0.717) is 5.75 Å². The molecule has 0 fully saturated rings. The number of hydrogen-bond acceptors (Lipinski definition) is 1. The lowest BCUT2D eigenvalue weighted by atomic mass is 10.0. The topological polar surface area (TPSA) is 9.23 Å². The molecular weight excluding hydrogens is 326 g/mol. The first-order chi connectivity index (χ1) is 9.52. The number of halogens is 3. The predicted molar refractivity (Wildman–Crippen MR) is 79.5 cm³/mol. The SMILES string of the molecule is COc1ccc(C)cc1C(Br)Cc1c(F)cccc1F. The van der Waals surface area contributed by atoms with Crippen LogP contribution in [0.1, 0.15) is 21.5 Å². The van der Waals surface area contributed by atoms with E-state index in [4.69, 9.17) is 4.74 Å². The Kier molecular flexibility index (Phi) is 4.76. The number of methoxy groups -OCH3 is 1. The highest BCUT2D eigenvalue weighted by Crippen LogP contribution is 2.35. The summed E-state index contributed by atoms with van der Waals surface area (Å²) >= 11 is 3.50. The van der Waals surface area contributed by atoms with Crippen LogP contribution in [0.2, 0.25) is 0 Å². The van der Waals surface area contributed by atoms with E-state index in [-0.39, 0.29) is 16.8 Å². The summed E-state index contributed by atoms with van der Waals surface area (Å²) < 4.78 is 32.7. The summed E-state index contributed by atoms with van der Waals surface area (Å²) in [6.07, 6.45) is 0.221. The molecule has 2 aromatic carbocycles. The van der Waals surface area contributed by atoms with Gasteiger partial charge in [0, 0.05) is 16.0 Å². The molecule has 0 heterocycles. The lowest BCUT2D eigenvalue weighted by Gasteiger charge is -2.16. The molecule has 0 spiro atoms. The maximum atomic E-state index is 13.7. The first-order valence-electron chi connectivity index (χ1n) is 6.24. The number of ether oxygens (including phenoxy) is 1. The van der Waals surface area contributed by atoms with Crippen molar-refractivity contribution in [3.05, 3.63) is 64.7 Å². The Bertz CT molecular complexity index is 593. The van der Waals surface area contributed by atoms with Gasteiger partial charge >= 0.3 is 0 Å². The molecule has 1 unspecified atom stereocenters. The van der Waals surface area contributed by atoms with Crippen LogP contribution in [0.4, 0.5) is 8.78 Å². The van der Waals surface area contributed by atoms with Crippen LogP contribution in [-0.4, -0.2) is 7.11 Å². The molecule has 0 amide bonds. The van der Waals surface area contributed by atoms with Crippen LogP contribution in [0.15, 0.2) is 36.4 Å². The second-order valence-electron chi connectivity index (χ2n) is 4.62. The molecule has 0 aliphatic rings. The molecule has 20 heavy (non-hydrogen) atoms. The van der Waals surface area contributed by atoms with Gasteiger partial charge in [0.05, 0.1) is 7.11 Å². The van der Waals surface area contributed by atoms with E-state index in [0.717, 1.165) is 11.1 Å². The van der Waals surface area contributed by atoms with Crippen LogP contribution >= 0.6 is 15.9 Å². The molecule has 0 aliphatic heterocycles. The summed E-state index contributed by atoms with van der Waals surface area (Å²) in [5.74, 6) is -0.351. The Hall–Kier alpha value is -1.42. The predicted octanol–water partition coefficient (Wildman–Crippen LogP) is 4.96. The van der Waals surface area contributed by atoms with Crippen molar-refractivity contribution < 1.29 is 13.5 Å². The minimum absolute atomic E-state index is 0.0814. The Morgan fingerprint density at radius 1 is 1.15 bits per heavy atom. The van der Waals surface area contributed by atoms with Crippen LogP contribution in [0.25, 0.3) is 0 Å². The van der Waals surface area contributed by atoms with Crippen LogP contribution in [0.3, 0.4) is 0 Å². The molecule has 106 valence electrons.